The van der Waals surface area contributed by atoms with Gasteiger partial charge in [0.15, 0.2) is 0 Å². The molecule has 1 heterocycles. The molecule has 21 heavy (non-hydrogen) atoms. The Labute approximate surface area is 122 Å². The van der Waals surface area contributed by atoms with E-state index < -0.39 is 16.6 Å². The van der Waals surface area contributed by atoms with Crippen LogP contribution in [0.2, 0.25) is 0 Å². The minimum absolute atomic E-state index is 0.254. The molecule has 1 aliphatic heterocycles. The summed E-state index contributed by atoms with van der Waals surface area (Å²) in [6.45, 7) is 2.32. The van der Waals surface area contributed by atoms with Gasteiger partial charge in [-0.1, -0.05) is 0 Å². The number of nitrogens with one attached hydrogen (secondary N) is 1. The van der Waals surface area contributed by atoms with Crippen LogP contribution >= 0.6 is 0 Å². The predicted molar refractivity (Wildman–Crippen MR) is 75.6 cm³/mol. The molecule has 7 heteroatoms. The molecular weight excluding hydrogens is 277 g/mol. The van der Waals surface area contributed by atoms with Crippen LogP contribution in [-0.4, -0.2) is 42.4 Å². The van der Waals surface area contributed by atoms with Crippen LogP contribution in [0.15, 0.2) is 18.2 Å². The Bertz CT molecular complexity index is 544. The van der Waals surface area contributed by atoms with Gasteiger partial charge in [0.25, 0.3) is 11.6 Å². The van der Waals surface area contributed by atoms with Gasteiger partial charge in [-0.2, -0.15) is 0 Å². The number of rotatable bonds is 4. The van der Waals surface area contributed by atoms with Gasteiger partial charge in [0, 0.05) is 25.7 Å². The molecule has 1 unspecified atom stereocenters. The third-order valence-electron chi connectivity index (χ3n) is 3.67. The Balaban J connectivity index is 2.10. The molecule has 1 fully saturated rings. The van der Waals surface area contributed by atoms with Crippen LogP contribution < -0.4 is 5.32 Å². The summed E-state index contributed by atoms with van der Waals surface area (Å²) in [4.78, 5) is 23.8. The molecule has 1 amide bonds. The number of nitro benzene ring substituents is 1. The van der Waals surface area contributed by atoms with Crippen LogP contribution in [0.5, 0.6) is 0 Å². The largest absolute Gasteiger partial charge is 0.341 e. The van der Waals surface area contributed by atoms with Crippen LogP contribution in [0.3, 0.4) is 0 Å². The molecule has 0 saturated carbocycles. The van der Waals surface area contributed by atoms with Crippen LogP contribution in [0.1, 0.15) is 23.2 Å². The zero-order chi connectivity index (χ0) is 15.4. The van der Waals surface area contributed by atoms with Gasteiger partial charge in [-0.25, -0.2) is 4.39 Å². The maximum atomic E-state index is 13.7. The second-order valence-corrected chi connectivity index (χ2v) is 5.32. The molecule has 0 radical (unpaired) electrons. The van der Waals surface area contributed by atoms with E-state index in [1.54, 1.807) is 7.05 Å². The normalized spacial score (nSPS) is 18.3. The van der Waals surface area contributed by atoms with Crippen molar-refractivity contribution >= 4 is 11.6 Å². The van der Waals surface area contributed by atoms with E-state index in [2.05, 4.69) is 5.32 Å². The summed E-state index contributed by atoms with van der Waals surface area (Å²) in [6.07, 6.45) is 2.07. The van der Waals surface area contributed by atoms with E-state index >= 15 is 0 Å². The summed E-state index contributed by atoms with van der Waals surface area (Å²) in [5.74, 6) is -0.935. The van der Waals surface area contributed by atoms with E-state index in [1.807, 2.05) is 0 Å². The fraction of sp³-hybridized carbons (Fsp3) is 0.500. The molecule has 114 valence electrons. The van der Waals surface area contributed by atoms with Crippen molar-refractivity contribution in [1.29, 1.82) is 0 Å². The Morgan fingerprint density at radius 3 is 2.95 bits per heavy atom. The number of amides is 1. The quantitative estimate of drug-likeness (QED) is 0.679. The molecule has 1 aromatic carbocycles. The Morgan fingerprint density at radius 1 is 1.57 bits per heavy atom. The van der Waals surface area contributed by atoms with Crippen LogP contribution in [-0.2, 0) is 0 Å². The van der Waals surface area contributed by atoms with Gasteiger partial charge in [-0.05, 0) is 37.9 Å². The average molecular weight is 295 g/mol. The molecule has 2 rings (SSSR count). The smallest absolute Gasteiger partial charge is 0.270 e. The molecule has 1 saturated heterocycles. The van der Waals surface area contributed by atoms with Crippen LogP contribution in [0.25, 0.3) is 0 Å². The Kier molecular flexibility index (Phi) is 4.85. The van der Waals surface area contributed by atoms with Gasteiger partial charge in [0.1, 0.15) is 5.82 Å². The first kappa shape index (κ1) is 15.4. The van der Waals surface area contributed by atoms with E-state index in [1.165, 1.54) is 4.90 Å². The number of nitrogens with zero attached hydrogens (tertiary/aromatic N) is 2. The average Bonchev–Trinajstić information content (AvgIpc) is 2.47. The van der Waals surface area contributed by atoms with Gasteiger partial charge < -0.3 is 10.2 Å². The van der Waals surface area contributed by atoms with E-state index in [9.17, 15) is 19.3 Å². The molecular formula is C14H18FN3O3. The van der Waals surface area contributed by atoms with Crippen molar-refractivity contribution < 1.29 is 14.1 Å². The maximum absolute atomic E-state index is 13.7. The van der Waals surface area contributed by atoms with Crippen molar-refractivity contribution in [2.45, 2.75) is 12.8 Å². The minimum Gasteiger partial charge on any atom is -0.341 e. The highest BCUT2D eigenvalue weighted by molar-refractivity contribution is 5.95. The lowest BCUT2D eigenvalue weighted by molar-refractivity contribution is -0.384. The van der Waals surface area contributed by atoms with E-state index in [-0.39, 0.29) is 11.3 Å². The molecule has 1 atom stereocenters. The standard InChI is InChI=1S/C14H18FN3O3/c1-17(9-10-3-2-6-16-8-10)14(19)12-7-11(18(20)21)4-5-13(12)15/h4-5,7,10,16H,2-3,6,8-9H2,1H3. The molecule has 1 N–H and O–H groups in total. The molecule has 1 aliphatic rings. The fourth-order valence-electron chi connectivity index (χ4n) is 2.55. The monoisotopic (exact) mass is 295 g/mol. The zero-order valence-electron chi connectivity index (χ0n) is 11.8. The first-order valence-electron chi connectivity index (χ1n) is 6.89. The lowest BCUT2D eigenvalue weighted by Gasteiger charge is -2.27. The summed E-state index contributed by atoms with van der Waals surface area (Å²) >= 11 is 0. The predicted octanol–water partition coefficient (Wildman–Crippen LogP) is 1.81. The number of carbonyl (C=O) groups excluding carboxylic acids is 1. The highest BCUT2D eigenvalue weighted by Gasteiger charge is 2.23. The second kappa shape index (κ2) is 6.62. The zero-order valence-corrected chi connectivity index (χ0v) is 11.8. The molecule has 0 aliphatic carbocycles. The van der Waals surface area contributed by atoms with Crippen molar-refractivity contribution in [2.24, 2.45) is 5.92 Å². The Morgan fingerprint density at radius 2 is 2.33 bits per heavy atom. The molecule has 0 aromatic heterocycles. The number of benzene rings is 1. The SMILES string of the molecule is CN(CC1CCCNC1)C(=O)c1cc([N+](=O)[O-])ccc1F. The van der Waals surface area contributed by atoms with Crippen molar-refractivity contribution in [3.05, 3.63) is 39.7 Å². The summed E-state index contributed by atoms with van der Waals surface area (Å²) in [7, 11) is 1.59. The molecule has 0 spiro atoms. The van der Waals surface area contributed by atoms with Gasteiger partial charge in [0.2, 0.25) is 0 Å². The highest BCUT2D eigenvalue weighted by atomic mass is 19.1. The molecule has 1 aromatic rings. The van der Waals surface area contributed by atoms with E-state index in [0.29, 0.717) is 12.5 Å². The third-order valence-corrected chi connectivity index (χ3v) is 3.67. The van der Waals surface area contributed by atoms with E-state index in [0.717, 1.165) is 44.1 Å². The first-order chi connectivity index (χ1) is 9.99. The van der Waals surface area contributed by atoms with Crippen LogP contribution in [0, 0.1) is 21.8 Å². The van der Waals surface area contributed by atoms with Crippen LogP contribution in [0.4, 0.5) is 10.1 Å². The lowest BCUT2D eigenvalue weighted by atomic mass is 9.99. The third kappa shape index (κ3) is 3.75. The van der Waals surface area contributed by atoms with E-state index in [4.69, 9.17) is 0 Å². The summed E-state index contributed by atoms with van der Waals surface area (Å²) in [5, 5.41) is 14.0. The van der Waals surface area contributed by atoms with Gasteiger partial charge >= 0.3 is 0 Å². The number of piperidine rings is 1. The number of hydrogen-bond acceptors (Lipinski definition) is 4. The van der Waals surface area contributed by atoms with Crippen molar-refractivity contribution in [3.63, 3.8) is 0 Å². The lowest BCUT2D eigenvalue weighted by Crippen LogP contribution is -2.39. The maximum Gasteiger partial charge on any atom is 0.270 e. The minimum atomic E-state index is -0.737. The number of non-ortho nitro benzene ring substituents is 1. The molecule has 0 bridgehead atoms. The number of carbonyl (C=O) groups is 1. The highest BCUT2D eigenvalue weighted by Crippen LogP contribution is 2.19. The summed E-state index contributed by atoms with van der Waals surface area (Å²) < 4.78 is 13.7. The second-order valence-electron chi connectivity index (χ2n) is 5.32. The van der Waals surface area contributed by atoms with Gasteiger partial charge in [0.05, 0.1) is 10.5 Å². The summed E-state index contributed by atoms with van der Waals surface area (Å²) in [5.41, 5.74) is -0.539. The van der Waals surface area contributed by atoms with Crippen molar-refractivity contribution in [2.75, 3.05) is 26.7 Å². The van der Waals surface area contributed by atoms with Crippen molar-refractivity contribution in [1.82, 2.24) is 10.2 Å². The number of nitro groups is 1. The van der Waals surface area contributed by atoms with Gasteiger partial charge in [-0.3, -0.25) is 14.9 Å². The number of hydrogen-bond donors (Lipinski definition) is 1. The van der Waals surface area contributed by atoms with Crippen molar-refractivity contribution in [3.8, 4) is 0 Å². The number of halogens is 1. The molecule has 6 nitrogen and oxygen atoms in total. The summed E-state index contributed by atoms with van der Waals surface area (Å²) in [6, 6.07) is 3.01. The topological polar surface area (TPSA) is 75.5 Å². The first-order valence-corrected chi connectivity index (χ1v) is 6.89. The fourth-order valence-corrected chi connectivity index (χ4v) is 2.55. The Hall–Kier alpha value is -2.02. The van der Waals surface area contributed by atoms with Gasteiger partial charge in [-0.15, -0.1) is 0 Å².